The molecule has 0 radical (unpaired) electrons. The molecule has 0 spiro atoms. The van der Waals surface area contributed by atoms with Gasteiger partial charge in [0.05, 0.1) is 5.25 Å². The third-order valence-corrected chi connectivity index (χ3v) is 3.86. The molecule has 0 aliphatic heterocycles. The molecule has 0 aliphatic carbocycles. The molecule has 0 fully saturated rings. The lowest BCUT2D eigenvalue weighted by atomic mass is 10.2. The van der Waals surface area contributed by atoms with E-state index in [1.165, 1.54) is 11.8 Å². The first-order chi connectivity index (χ1) is 9.40. The van der Waals surface area contributed by atoms with E-state index in [-0.39, 0.29) is 24.1 Å². The number of aliphatic hydroxyl groups is 1. The number of carboxylic acid groups (broad SMARTS) is 1. The first-order valence-corrected chi connectivity index (χ1v) is 7.26. The number of aliphatic carboxylic acids is 1. The van der Waals surface area contributed by atoms with Crippen LogP contribution in [0.25, 0.3) is 0 Å². The highest BCUT2D eigenvalue weighted by Crippen LogP contribution is 2.24. The topological polar surface area (TPSA) is 86.6 Å². The van der Waals surface area contributed by atoms with Crippen LogP contribution in [0.3, 0.4) is 0 Å². The molecule has 5 nitrogen and oxygen atoms in total. The van der Waals surface area contributed by atoms with Gasteiger partial charge in [0.2, 0.25) is 5.91 Å². The first kappa shape index (κ1) is 16.8. The second-order valence-electron chi connectivity index (χ2n) is 4.15. The van der Waals surface area contributed by atoms with Crippen LogP contribution in [0.5, 0.6) is 0 Å². The van der Waals surface area contributed by atoms with E-state index in [1.807, 2.05) is 12.1 Å². The number of amides is 1. The average Bonchev–Trinajstić information content (AvgIpc) is 2.40. The van der Waals surface area contributed by atoms with Crippen LogP contribution in [-0.2, 0) is 9.59 Å². The van der Waals surface area contributed by atoms with E-state index in [1.54, 1.807) is 19.1 Å². The van der Waals surface area contributed by atoms with Crippen LogP contribution in [0.2, 0.25) is 5.02 Å². The summed E-state index contributed by atoms with van der Waals surface area (Å²) in [5.74, 6) is -1.50. The molecule has 0 saturated heterocycles. The summed E-state index contributed by atoms with van der Waals surface area (Å²) < 4.78 is 0. The highest BCUT2D eigenvalue weighted by molar-refractivity contribution is 8.00. The smallest absolute Gasteiger partial charge is 0.332 e. The van der Waals surface area contributed by atoms with Gasteiger partial charge in [0, 0.05) is 22.9 Å². The van der Waals surface area contributed by atoms with Gasteiger partial charge in [-0.2, -0.15) is 0 Å². The van der Waals surface area contributed by atoms with Crippen molar-refractivity contribution in [2.45, 2.75) is 29.6 Å². The Kier molecular flexibility index (Phi) is 6.84. The number of halogens is 1. The SMILES string of the molecule is CC(Sc1ccc(Cl)cc1)C(=O)NCC[C@H](O)C(=O)O. The number of carbonyl (C=O) groups is 2. The fourth-order valence-corrected chi connectivity index (χ4v) is 2.39. The third-order valence-electron chi connectivity index (χ3n) is 2.50. The fourth-order valence-electron chi connectivity index (χ4n) is 1.37. The molecule has 0 saturated carbocycles. The van der Waals surface area contributed by atoms with Crippen LogP contribution in [-0.4, -0.2) is 40.0 Å². The number of aliphatic hydroxyl groups excluding tert-OH is 1. The second kappa shape index (κ2) is 8.14. The maximum atomic E-state index is 11.8. The number of carboxylic acids is 1. The Balaban J connectivity index is 2.35. The molecule has 20 heavy (non-hydrogen) atoms. The molecule has 1 aromatic carbocycles. The van der Waals surface area contributed by atoms with E-state index >= 15 is 0 Å². The predicted octanol–water partition coefficient (Wildman–Crippen LogP) is 1.77. The first-order valence-electron chi connectivity index (χ1n) is 6.01. The van der Waals surface area contributed by atoms with Crippen molar-refractivity contribution in [3.63, 3.8) is 0 Å². The van der Waals surface area contributed by atoms with Crippen LogP contribution >= 0.6 is 23.4 Å². The number of thioether (sulfide) groups is 1. The summed E-state index contributed by atoms with van der Waals surface area (Å²) in [6.07, 6.45) is -1.46. The largest absolute Gasteiger partial charge is 0.479 e. The van der Waals surface area contributed by atoms with Gasteiger partial charge in [-0.05, 0) is 31.2 Å². The second-order valence-corrected chi connectivity index (χ2v) is 6.00. The molecule has 1 aromatic rings. The van der Waals surface area contributed by atoms with Crippen molar-refractivity contribution < 1.29 is 19.8 Å². The van der Waals surface area contributed by atoms with Crippen LogP contribution in [0.4, 0.5) is 0 Å². The van der Waals surface area contributed by atoms with Crippen LogP contribution in [0.15, 0.2) is 29.2 Å². The molecular formula is C13H16ClNO4S. The minimum atomic E-state index is -1.45. The lowest BCUT2D eigenvalue weighted by Gasteiger charge is -2.12. The van der Waals surface area contributed by atoms with Gasteiger partial charge in [-0.3, -0.25) is 4.79 Å². The van der Waals surface area contributed by atoms with Crippen molar-refractivity contribution in [3.05, 3.63) is 29.3 Å². The average molecular weight is 318 g/mol. The summed E-state index contributed by atoms with van der Waals surface area (Å²) in [6.45, 7) is 1.88. The Morgan fingerprint density at radius 2 is 1.95 bits per heavy atom. The molecule has 3 N–H and O–H groups in total. The molecule has 0 bridgehead atoms. The molecule has 0 aliphatic rings. The van der Waals surface area contributed by atoms with Gasteiger partial charge in [0.25, 0.3) is 0 Å². The van der Waals surface area contributed by atoms with E-state index in [2.05, 4.69) is 5.32 Å². The molecule has 1 unspecified atom stereocenters. The van der Waals surface area contributed by atoms with Crippen molar-refractivity contribution in [1.29, 1.82) is 0 Å². The minimum Gasteiger partial charge on any atom is -0.479 e. The lowest BCUT2D eigenvalue weighted by Crippen LogP contribution is -2.34. The van der Waals surface area contributed by atoms with Crippen molar-refractivity contribution >= 4 is 35.2 Å². The zero-order valence-corrected chi connectivity index (χ0v) is 12.4. The van der Waals surface area contributed by atoms with Gasteiger partial charge in [-0.1, -0.05) is 11.6 Å². The normalized spacial score (nSPS) is 13.6. The van der Waals surface area contributed by atoms with Crippen LogP contribution < -0.4 is 5.32 Å². The monoisotopic (exact) mass is 317 g/mol. The summed E-state index contributed by atoms with van der Waals surface area (Å²) in [6, 6.07) is 7.14. The summed E-state index contributed by atoms with van der Waals surface area (Å²) in [4.78, 5) is 23.1. The number of carbonyl (C=O) groups excluding carboxylic acids is 1. The van der Waals surface area contributed by atoms with Gasteiger partial charge in [-0.15, -0.1) is 11.8 Å². The number of hydrogen-bond donors (Lipinski definition) is 3. The summed E-state index contributed by atoms with van der Waals surface area (Å²) >= 11 is 7.15. The quantitative estimate of drug-likeness (QED) is 0.667. The Morgan fingerprint density at radius 1 is 1.35 bits per heavy atom. The van der Waals surface area contributed by atoms with E-state index in [0.29, 0.717) is 5.02 Å². The maximum Gasteiger partial charge on any atom is 0.332 e. The Labute approximate surface area is 126 Å². The van der Waals surface area contributed by atoms with E-state index < -0.39 is 12.1 Å². The van der Waals surface area contributed by atoms with Gasteiger partial charge in [-0.25, -0.2) is 4.79 Å². The summed E-state index contributed by atoms with van der Waals surface area (Å²) in [5.41, 5.74) is 0. The Morgan fingerprint density at radius 3 is 2.50 bits per heavy atom. The fraction of sp³-hybridized carbons (Fsp3) is 0.385. The molecule has 0 aromatic heterocycles. The summed E-state index contributed by atoms with van der Waals surface area (Å²) in [7, 11) is 0. The number of rotatable bonds is 7. The summed E-state index contributed by atoms with van der Waals surface area (Å²) in [5, 5.41) is 20.5. The van der Waals surface area contributed by atoms with Gasteiger partial charge in [0.1, 0.15) is 0 Å². The van der Waals surface area contributed by atoms with Crippen LogP contribution in [0.1, 0.15) is 13.3 Å². The molecule has 7 heteroatoms. The van der Waals surface area contributed by atoms with Gasteiger partial charge < -0.3 is 15.5 Å². The highest BCUT2D eigenvalue weighted by atomic mass is 35.5. The predicted molar refractivity (Wildman–Crippen MR) is 78.0 cm³/mol. The molecule has 0 heterocycles. The van der Waals surface area contributed by atoms with E-state index in [0.717, 1.165) is 4.90 Å². The molecular weight excluding hydrogens is 302 g/mol. The maximum absolute atomic E-state index is 11.8. The minimum absolute atomic E-state index is 0.0145. The van der Waals surface area contributed by atoms with Crippen molar-refractivity contribution in [3.8, 4) is 0 Å². The zero-order chi connectivity index (χ0) is 15.1. The Bertz CT molecular complexity index is 466. The standard InChI is InChI=1S/C13H16ClNO4S/c1-8(20-10-4-2-9(14)3-5-10)12(17)15-7-6-11(16)13(18)19/h2-5,8,11,16H,6-7H2,1H3,(H,15,17)(H,18,19)/t8?,11-/m0/s1. The lowest BCUT2D eigenvalue weighted by molar-refractivity contribution is -0.147. The number of nitrogens with one attached hydrogen (secondary N) is 1. The zero-order valence-electron chi connectivity index (χ0n) is 10.9. The van der Waals surface area contributed by atoms with Crippen LogP contribution in [0, 0.1) is 0 Å². The molecule has 110 valence electrons. The Hall–Kier alpha value is -1.24. The van der Waals surface area contributed by atoms with Crippen molar-refractivity contribution in [2.75, 3.05) is 6.54 Å². The number of benzene rings is 1. The van der Waals surface area contributed by atoms with E-state index in [9.17, 15) is 9.59 Å². The van der Waals surface area contributed by atoms with Crippen molar-refractivity contribution in [1.82, 2.24) is 5.32 Å². The van der Waals surface area contributed by atoms with Crippen molar-refractivity contribution in [2.24, 2.45) is 0 Å². The van der Waals surface area contributed by atoms with Gasteiger partial charge in [0.15, 0.2) is 6.10 Å². The highest BCUT2D eigenvalue weighted by Gasteiger charge is 2.16. The number of hydrogen-bond acceptors (Lipinski definition) is 4. The molecule has 1 rings (SSSR count). The third kappa shape index (κ3) is 5.81. The van der Waals surface area contributed by atoms with E-state index in [4.69, 9.17) is 21.8 Å². The van der Waals surface area contributed by atoms with Gasteiger partial charge >= 0.3 is 5.97 Å². The molecule has 1 amide bonds. The molecule has 2 atom stereocenters.